The first-order chi connectivity index (χ1) is 11.6. The van der Waals surface area contributed by atoms with Gasteiger partial charge in [-0.15, -0.1) is 11.3 Å². The van der Waals surface area contributed by atoms with Crippen LogP contribution < -0.4 is 0 Å². The summed E-state index contributed by atoms with van der Waals surface area (Å²) in [6.45, 7) is 6.12. The van der Waals surface area contributed by atoms with Crippen LogP contribution in [0, 0.1) is 12.8 Å². The van der Waals surface area contributed by atoms with Crippen LogP contribution in [-0.4, -0.2) is 39.6 Å². The van der Waals surface area contributed by atoms with Gasteiger partial charge in [-0.3, -0.25) is 4.79 Å². The minimum atomic E-state index is 0.250. The Morgan fingerprint density at radius 2 is 2.12 bits per heavy atom. The molecule has 1 aliphatic carbocycles. The zero-order valence-corrected chi connectivity index (χ0v) is 15.9. The number of fused-ring (bicyclic) bond motifs is 3. The summed E-state index contributed by atoms with van der Waals surface area (Å²) >= 11 is 3.43. The largest absolute Gasteiger partial charge is 0.342 e. The highest BCUT2D eigenvalue weighted by Gasteiger charge is 2.25. The van der Waals surface area contributed by atoms with E-state index in [9.17, 15) is 4.79 Å². The van der Waals surface area contributed by atoms with Crippen LogP contribution in [0.2, 0.25) is 0 Å². The predicted molar refractivity (Wildman–Crippen MR) is 99.9 cm³/mol. The minimum absolute atomic E-state index is 0.250. The molecule has 0 bridgehead atoms. The Morgan fingerprint density at radius 3 is 2.92 bits per heavy atom. The summed E-state index contributed by atoms with van der Waals surface area (Å²) < 4.78 is 0. The van der Waals surface area contributed by atoms with Gasteiger partial charge < -0.3 is 4.90 Å². The van der Waals surface area contributed by atoms with E-state index in [-0.39, 0.29) is 5.91 Å². The SMILES string of the molecule is Cc1nc(SCC(=O)N2CCCC2)c2c3c(sc2n1)CC(C)CC3. The average Bonchev–Trinajstić information content (AvgIpc) is 3.18. The molecule has 6 heteroatoms. The van der Waals surface area contributed by atoms with Gasteiger partial charge >= 0.3 is 0 Å². The smallest absolute Gasteiger partial charge is 0.232 e. The van der Waals surface area contributed by atoms with E-state index in [1.807, 2.05) is 23.2 Å². The number of aryl methyl sites for hydroxylation is 2. The maximum Gasteiger partial charge on any atom is 0.232 e. The molecular weight excluding hydrogens is 338 g/mol. The molecule has 1 aliphatic heterocycles. The molecule has 0 radical (unpaired) electrons. The topological polar surface area (TPSA) is 46.1 Å². The standard InChI is InChI=1S/C18H23N3OS2/c1-11-5-6-13-14(9-11)24-18-16(13)17(19-12(2)20-18)23-10-15(22)21-7-3-4-8-21/h11H,3-10H2,1-2H3. The number of aromatic nitrogens is 2. The number of nitrogens with zero attached hydrogens (tertiary/aromatic N) is 3. The lowest BCUT2D eigenvalue weighted by Gasteiger charge is -2.18. The van der Waals surface area contributed by atoms with Crippen LogP contribution in [0.15, 0.2) is 5.03 Å². The number of thioether (sulfide) groups is 1. The molecule has 1 fully saturated rings. The summed E-state index contributed by atoms with van der Waals surface area (Å²) in [6, 6.07) is 0. The van der Waals surface area contributed by atoms with Crippen molar-refractivity contribution in [3.8, 4) is 0 Å². The van der Waals surface area contributed by atoms with Crippen molar-refractivity contribution in [2.24, 2.45) is 5.92 Å². The number of likely N-dealkylation sites (tertiary alicyclic amines) is 1. The number of carbonyl (C=O) groups excluding carboxylic acids is 1. The van der Waals surface area contributed by atoms with Gasteiger partial charge in [0.15, 0.2) is 0 Å². The van der Waals surface area contributed by atoms with Crippen LogP contribution in [0.4, 0.5) is 0 Å². The van der Waals surface area contributed by atoms with Gasteiger partial charge in [-0.1, -0.05) is 18.7 Å². The fraction of sp³-hybridized carbons (Fsp3) is 0.611. The third-order valence-electron chi connectivity index (χ3n) is 5.02. The van der Waals surface area contributed by atoms with Crippen LogP contribution in [0.1, 0.15) is 42.5 Å². The zero-order chi connectivity index (χ0) is 16.7. The van der Waals surface area contributed by atoms with Gasteiger partial charge in [0.25, 0.3) is 0 Å². The molecule has 1 unspecified atom stereocenters. The van der Waals surface area contributed by atoms with E-state index in [0.717, 1.165) is 60.4 Å². The minimum Gasteiger partial charge on any atom is -0.342 e. The molecule has 1 atom stereocenters. The van der Waals surface area contributed by atoms with Crippen molar-refractivity contribution in [3.05, 3.63) is 16.3 Å². The summed E-state index contributed by atoms with van der Waals surface area (Å²) in [4.78, 5) is 26.3. The van der Waals surface area contributed by atoms with Crippen molar-refractivity contribution in [1.29, 1.82) is 0 Å². The monoisotopic (exact) mass is 361 g/mol. The highest BCUT2D eigenvalue weighted by Crippen LogP contribution is 2.40. The molecule has 0 spiro atoms. The van der Waals surface area contributed by atoms with Gasteiger partial charge in [0.1, 0.15) is 15.7 Å². The molecule has 2 aliphatic rings. The third kappa shape index (κ3) is 3.06. The fourth-order valence-corrected chi connectivity index (χ4v) is 6.20. The molecule has 2 aromatic rings. The van der Waals surface area contributed by atoms with E-state index in [0.29, 0.717) is 5.75 Å². The normalized spacial score (nSPS) is 20.6. The van der Waals surface area contributed by atoms with Gasteiger partial charge in [-0.2, -0.15) is 0 Å². The van der Waals surface area contributed by atoms with E-state index in [1.165, 1.54) is 22.2 Å². The van der Waals surface area contributed by atoms with Crippen molar-refractivity contribution in [2.45, 2.75) is 51.0 Å². The average molecular weight is 362 g/mol. The molecule has 1 amide bonds. The maximum atomic E-state index is 12.4. The molecule has 0 aromatic carbocycles. The van der Waals surface area contributed by atoms with Crippen molar-refractivity contribution in [1.82, 2.24) is 14.9 Å². The lowest BCUT2D eigenvalue weighted by Crippen LogP contribution is -2.29. The number of thiophene rings is 1. The second-order valence-corrected chi connectivity index (χ2v) is 9.03. The lowest BCUT2D eigenvalue weighted by molar-refractivity contribution is -0.127. The fourth-order valence-electron chi connectivity index (χ4n) is 3.70. The van der Waals surface area contributed by atoms with E-state index in [1.54, 1.807) is 11.8 Å². The second kappa shape index (κ2) is 6.64. The molecule has 1 saturated heterocycles. The highest BCUT2D eigenvalue weighted by molar-refractivity contribution is 8.00. The number of rotatable bonds is 3. The van der Waals surface area contributed by atoms with Crippen LogP contribution in [0.5, 0.6) is 0 Å². The zero-order valence-electron chi connectivity index (χ0n) is 14.3. The summed E-state index contributed by atoms with van der Waals surface area (Å²) in [5.41, 5.74) is 1.45. The Balaban J connectivity index is 1.63. The molecule has 24 heavy (non-hydrogen) atoms. The quantitative estimate of drug-likeness (QED) is 0.615. The van der Waals surface area contributed by atoms with Crippen LogP contribution >= 0.6 is 23.1 Å². The van der Waals surface area contributed by atoms with Gasteiger partial charge in [0, 0.05) is 23.4 Å². The van der Waals surface area contributed by atoms with Gasteiger partial charge in [-0.25, -0.2) is 9.97 Å². The van der Waals surface area contributed by atoms with Crippen LogP contribution in [0.3, 0.4) is 0 Å². The Kier molecular flexibility index (Phi) is 4.52. The summed E-state index contributed by atoms with van der Waals surface area (Å²) in [6.07, 6.45) is 5.80. The van der Waals surface area contributed by atoms with Gasteiger partial charge in [0.05, 0.1) is 5.75 Å². The van der Waals surface area contributed by atoms with Crippen molar-refractivity contribution in [3.63, 3.8) is 0 Å². The summed E-state index contributed by atoms with van der Waals surface area (Å²) in [7, 11) is 0. The first-order valence-electron chi connectivity index (χ1n) is 8.81. The molecule has 128 valence electrons. The molecule has 0 N–H and O–H groups in total. The van der Waals surface area contributed by atoms with E-state index >= 15 is 0 Å². The van der Waals surface area contributed by atoms with Crippen molar-refractivity contribution < 1.29 is 4.79 Å². The van der Waals surface area contributed by atoms with E-state index < -0.39 is 0 Å². The number of amides is 1. The Hall–Kier alpha value is -1.14. The van der Waals surface area contributed by atoms with Crippen molar-refractivity contribution >= 4 is 39.2 Å². The first kappa shape index (κ1) is 16.3. The highest BCUT2D eigenvalue weighted by atomic mass is 32.2. The molecule has 4 nitrogen and oxygen atoms in total. The van der Waals surface area contributed by atoms with Crippen LogP contribution in [0.25, 0.3) is 10.2 Å². The molecule has 0 saturated carbocycles. The van der Waals surface area contributed by atoms with Gasteiger partial charge in [0.2, 0.25) is 5.91 Å². The number of carbonyl (C=O) groups is 1. The summed E-state index contributed by atoms with van der Waals surface area (Å²) in [5.74, 6) is 2.31. The second-order valence-electron chi connectivity index (χ2n) is 6.98. The maximum absolute atomic E-state index is 12.4. The summed E-state index contributed by atoms with van der Waals surface area (Å²) in [5, 5.41) is 2.24. The molecule has 3 heterocycles. The Labute approximate surface area is 151 Å². The Morgan fingerprint density at radius 1 is 1.33 bits per heavy atom. The van der Waals surface area contributed by atoms with E-state index in [4.69, 9.17) is 0 Å². The molecule has 4 rings (SSSR count). The van der Waals surface area contributed by atoms with Crippen molar-refractivity contribution in [2.75, 3.05) is 18.8 Å². The van der Waals surface area contributed by atoms with Gasteiger partial charge in [-0.05, 0) is 50.5 Å². The van der Waals surface area contributed by atoms with Crippen LogP contribution in [-0.2, 0) is 17.6 Å². The number of hydrogen-bond donors (Lipinski definition) is 0. The Bertz CT molecular complexity index is 780. The van der Waals surface area contributed by atoms with E-state index in [2.05, 4.69) is 16.9 Å². The predicted octanol–water partition coefficient (Wildman–Crippen LogP) is 3.84. The lowest BCUT2D eigenvalue weighted by atomic mass is 9.89. The molecule has 2 aromatic heterocycles. The third-order valence-corrected chi connectivity index (χ3v) is 7.13. The first-order valence-corrected chi connectivity index (χ1v) is 10.6. The number of hydrogen-bond acceptors (Lipinski definition) is 5. The molecular formula is C18H23N3OS2.